The fraction of sp³-hybridized carbons (Fsp3) is 0.0909. The first-order valence-electron chi connectivity index (χ1n) is 8.77. The fourth-order valence-corrected chi connectivity index (χ4v) is 2.87. The van der Waals surface area contributed by atoms with E-state index in [-0.39, 0.29) is 22.5 Å². The van der Waals surface area contributed by atoms with Crippen molar-refractivity contribution in [2.75, 3.05) is 5.73 Å². The molecule has 0 fully saturated rings. The number of hydrogen-bond donors (Lipinski definition) is 1. The number of carbonyl (C=O) groups is 3. The van der Waals surface area contributed by atoms with Crippen molar-refractivity contribution in [1.82, 2.24) is 4.98 Å². The van der Waals surface area contributed by atoms with Gasteiger partial charge in [-0.2, -0.15) is 0 Å². The Balaban J connectivity index is 1.99. The number of ketones is 1. The molecule has 6 nitrogen and oxygen atoms in total. The first kappa shape index (κ1) is 20.8. The number of carbonyl (C=O) groups excluding carboxylic acids is 3. The standard InChI is InChI=1S/C22H16F2N2O4/c1-11-3-5-13(23)9-16(11)19(27)15-7-8-26-20(25)18(15)22(29)30-21(28)17-10-14(24)6-4-12(17)2/h3-10H,1-2H3,(H2,25,26). The summed E-state index contributed by atoms with van der Waals surface area (Å²) >= 11 is 0. The number of nitrogen functional groups attached to an aromatic ring is 1. The average Bonchev–Trinajstić information content (AvgIpc) is 2.70. The Morgan fingerprint density at radius 2 is 1.40 bits per heavy atom. The lowest BCUT2D eigenvalue weighted by Crippen LogP contribution is -2.20. The minimum absolute atomic E-state index is 0.0157. The molecule has 0 radical (unpaired) electrons. The van der Waals surface area contributed by atoms with Crippen molar-refractivity contribution in [1.29, 1.82) is 0 Å². The SMILES string of the molecule is Cc1ccc(F)cc1C(=O)OC(=O)c1c(C(=O)c2cc(F)ccc2C)ccnc1N. The Hall–Kier alpha value is -3.94. The zero-order valence-corrected chi connectivity index (χ0v) is 16.0. The predicted octanol–water partition coefficient (Wildman–Crippen LogP) is 3.79. The number of nitrogens with zero attached hydrogens (tertiary/aromatic N) is 1. The van der Waals surface area contributed by atoms with Gasteiger partial charge in [0.1, 0.15) is 23.0 Å². The summed E-state index contributed by atoms with van der Waals surface area (Å²) in [6.45, 7) is 3.14. The third-order valence-corrected chi connectivity index (χ3v) is 4.48. The number of aryl methyl sites for hydroxylation is 2. The number of rotatable bonds is 4. The van der Waals surface area contributed by atoms with Gasteiger partial charge in [-0.25, -0.2) is 23.4 Å². The molecule has 0 saturated carbocycles. The monoisotopic (exact) mass is 410 g/mol. The normalized spacial score (nSPS) is 10.5. The zero-order valence-electron chi connectivity index (χ0n) is 16.0. The predicted molar refractivity (Wildman–Crippen MR) is 104 cm³/mol. The highest BCUT2D eigenvalue weighted by molar-refractivity contribution is 6.17. The summed E-state index contributed by atoms with van der Waals surface area (Å²) < 4.78 is 31.9. The number of esters is 2. The molecular formula is C22H16F2N2O4. The molecule has 1 aromatic heterocycles. The number of hydrogen-bond acceptors (Lipinski definition) is 6. The smallest absolute Gasteiger partial charge is 0.350 e. The number of aromatic nitrogens is 1. The van der Waals surface area contributed by atoms with Crippen LogP contribution in [0.3, 0.4) is 0 Å². The molecule has 0 bridgehead atoms. The fourth-order valence-electron chi connectivity index (χ4n) is 2.87. The Kier molecular flexibility index (Phi) is 5.68. The maximum atomic E-state index is 13.6. The van der Waals surface area contributed by atoms with E-state index in [1.807, 2.05) is 0 Å². The number of pyridine rings is 1. The molecule has 8 heteroatoms. The van der Waals surface area contributed by atoms with Gasteiger partial charge >= 0.3 is 11.9 Å². The molecule has 152 valence electrons. The quantitative estimate of drug-likeness (QED) is 0.399. The Labute approximate surface area is 170 Å². The lowest BCUT2D eigenvalue weighted by Gasteiger charge is -2.12. The van der Waals surface area contributed by atoms with E-state index in [1.165, 1.54) is 30.5 Å². The summed E-state index contributed by atoms with van der Waals surface area (Å²) in [4.78, 5) is 41.8. The molecule has 0 aliphatic carbocycles. The number of anilines is 1. The van der Waals surface area contributed by atoms with E-state index in [4.69, 9.17) is 10.5 Å². The van der Waals surface area contributed by atoms with Gasteiger partial charge in [0.15, 0.2) is 5.78 Å². The molecule has 0 spiro atoms. The van der Waals surface area contributed by atoms with Crippen LogP contribution in [-0.4, -0.2) is 22.7 Å². The van der Waals surface area contributed by atoms with Crippen LogP contribution < -0.4 is 5.73 Å². The van der Waals surface area contributed by atoms with E-state index >= 15 is 0 Å². The van der Waals surface area contributed by atoms with Crippen molar-refractivity contribution < 1.29 is 27.9 Å². The summed E-state index contributed by atoms with van der Waals surface area (Å²) in [5.74, 6) is -4.69. The summed E-state index contributed by atoms with van der Waals surface area (Å²) in [7, 11) is 0. The molecule has 0 aliphatic heterocycles. The minimum Gasteiger partial charge on any atom is -0.386 e. The molecule has 30 heavy (non-hydrogen) atoms. The highest BCUT2D eigenvalue weighted by Crippen LogP contribution is 2.23. The molecule has 0 amide bonds. The average molecular weight is 410 g/mol. The molecule has 3 rings (SSSR count). The van der Waals surface area contributed by atoms with Crippen LogP contribution in [-0.2, 0) is 4.74 Å². The van der Waals surface area contributed by atoms with Crippen molar-refractivity contribution in [3.8, 4) is 0 Å². The van der Waals surface area contributed by atoms with E-state index in [1.54, 1.807) is 13.8 Å². The highest BCUT2D eigenvalue weighted by Gasteiger charge is 2.27. The summed E-state index contributed by atoms with van der Waals surface area (Å²) in [5, 5.41) is 0. The van der Waals surface area contributed by atoms with Gasteiger partial charge in [-0.1, -0.05) is 12.1 Å². The van der Waals surface area contributed by atoms with Gasteiger partial charge in [0.25, 0.3) is 0 Å². The topological polar surface area (TPSA) is 99.4 Å². The largest absolute Gasteiger partial charge is 0.386 e. The first-order valence-corrected chi connectivity index (χ1v) is 8.77. The van der Waals surface area contributed by atoms with Gasteiger partial charge in [0.2, 0.25) is 0 Å². The molecule has 0 atom stereocenters. The molecule has 0 unspecified atom stereocenters. The van der Waals surface area contributed by atoms with Crippen LogP contribution in [0, 0.1) is 25.5 Å². The van der Waals surface area contributed by atoms with Gasteiger partial charge in [0.05, 0.1) is 5.56 Å². The van der Waals surface area contributed by atoms with Crippen LogP contribution in [0.2, 0.25) is 0 Å². The molecule has 0 saturated heterocycles. The molecule has 1 heterocycles. The van der Waals surface area contributed by atoms with Gasteiger partial charge in [-0.15, -0.1) is 0 Å². The summed E-state index contributed by atoms with van der Waals surface area (Å²) in [6.07, 6.45) is 1.20. The van der Waals surface area contributed by atoms with Crippen molar-refractivity contribution in [2.24, 2.45) is 0 Å². The van der Waals surface area contributed by atoms with Crippen LogP contribution >= 0.6 is 0 Å². The molecule has 0 aliphatic rings. The second kappa shape index (κ2) is 8.20. The molecule has 2 aromatic carbocycles. The van der Waals surface area contributed by atoms with Crippen LogP contribution in [0.5, 0.6) is 0 Å². The summed E-state index contributed by atoms with van der Waals surface area (Å²) in [5.41, 5.74) is 5.85. The Bertz CT molecular complexity index is 1190. The van der Waals surface area contributed by atoms with Crippen LogP contribution in [0.15, 0.2) is 48.7 Å². The van der Waals surface area contributed by atoms with E-state index in [9.17, 15) is 23.2 Å². The highest BCUT2D eigenvalue weighted by atomic mass is 19.1. The van der Waals surface area contributed by atoms with Crippen LogP contribution in [0.4, 0.5) is 14.6 Å². The van der Waals surface area contributed by atoms with E-state index in [2.05, 4.69) is 4.98 Å². The molecule has 3 aromatic rings. The van der Waals surface area contributed by atoms with Crippen molar-refractivity contribution in [2.45, 2.75) is 13.8 Å². The van der Waals surface area contributed by atoms with Gasteiger partial charge in [-0.05, 0) is 55.3 Å². The van der Waals surface area contributed by atoms with Gasteiger partial charge < -0.3 is 10.5 Å². The van der Waals surface area contributed by atoms with Gasteiger partial charge in [-0.3, -0.25) is 4.79 Å². The van der Waals surface area contributed by atoms with E-state index < -0.39 is 34.9 Å². The third kappa shape index (κ3) is 4.07. The Morgan fingerprint density at radius 1 is 0.833 bits per heavy atom. The number of benzene rings is 2. The minimum atomic E-state index is -1.23. The summed E-state index contributed by atoms with van der Waals surface area (Å²) in [6, 6.07) is 8.31. The second-order valence-corrected chi connectivity index (χ2v) is 6.54. The van der Waals surface area contributed by atoms with Crippen molar-refractivity contribution >= 4 is 23.5 Å². The van der Waals surface area contributed by atoms with Gasteiger partial charge in [0, 0.05) is 17.3 Å². The van der Waals surface area contributed by atoms with Crippen LogP contribution in [0.25, 0.3) is 0 Å². The van der Waals surface area contributed by atoms with E-state index in [0.29, 0.717) is 11.1 Å². The number of halogens is 2. The number of nitrogens with two attached hydrogens (primary N) is 1. The number of ether oxygens (including phenoxy) is 1. The third-order valence-electron chi connectivity index (χ3n) is 4.48. The maximum Gasteiger partial charge on any atom is 0.350 e. The Morgan fingerprint density at radius 3 is 2.03 bits per heavy atom. The first-order chi connectivity index (χ1) is 14.2. The maximum absolute atomic E-state index is 13.6. The van der Waals surface area contributed by atoms with Crippen LogP contribution in [0.1, 0.15) is 47.8 Å². The molecule has 2 N–H and O–H groups in total. The van der Waals surface area contributed by atoms with Crippen molar-refractivity contribution in [3.63, 3.8) is 0 Å². The van der Waals surface area contributed by atoms with Crippen molar-refractivity contribution in [3.05, 3.63) is 93.7 Å². The zero-order chi connectivity index (χ0) is 22.0. The van der Waals surface area contributed by atoms with E-state index in [0.717, 1.165) is 18.2 Å². The lowest BCUT2D eigenvalue weighted by molar-refractivity contribution is 0.0395. The second-order valence-electron chi connectivity index (χ2n) is 6.54. The molecular weight excluding hydrogens is 394 g/mol. The lowest BCUT2D eigenvalue weighted by atomic mass is 9.96.